The van der Waals surface area contributed by atoms with E-state index in [-0.39, 0.29) is 0 Å². The third-order valence-electron chi connectivity index (χ3n) is 4.25. The zero-order valence-electron chi connectivity index (χ0n) is 14.7. The fraction of sp³-hybridized carbons (Fsp3) is 0.136. The molecule has 4 nitrogen and oxygen atoms in total. The van der Waals surface area contributed by atoms with Gasteiger partial charge in [0, 0.05) is 0 Å². The van der Waals surface area contributed by atoms with Gasteiger partial charge in [-0.3, -0.25) is 5.43 Å². The first kappa shape index (κ1) is 17.7. The third-order valence-corrected chi connectivity index (χ3v) is 4.25. The van der Waals surface area contributed by atoms with Crippen molar-refractivity contribution in [2.45, 2.75) is 12.5 Å². The molecule has 3 aromatic rings. The fourth-order valence-electron chi connectivity index (χ4n) is 3.09. The maximum Gasteiger partial charge on any atom is 0.421 e. The smallest absolute Gasteiger partial charge is 0.421 e. The number of hydrazine groups is 1. The van der Waals surface area contributed by atoms with E-state index in [1.165, 1.54) is 0 Å². The number of nitrogens with one attached hydrogen (secondary N) is 2. The van der Waals surface area contributed by atoms with Crippen molar-refractivity contribution in [1.82, 2.24) is 10.9 Å². The molecule has 0 saturated heterocycles. The molecule has 1 amide bonds. The van der Waals surface area contributed by atoms with E-state index >= 15 is 0 Å². The van der Waals surface area contributed by atoms with Crippen molar-refractivity contribution in [3.8, 4) is 0 Å². The van der Waals surface area contributed by atoms with Crippen molar-refractivity contribution in [2.24, 2.45) is 0 Å². The quantitative estimate of drug-likeness (QED) is 0.519. The molecule has 0 aliphatic carbocycles. The van der Waals surface area contributed by atoms with E-state index in [4.69, 9.17) is 4.74 Å². The fourth-order valence-corrected chi connectivity index (χ4v) is 3.09. The molecule has 0 heterocycles. The van der Waals surface area contributed by atoms with Gasteiger partial charge in [-0.15, -0.1) is 0 Å². The summed E-state index contributed by atoms with van der Waals surface area (Å²) >= 11 is 0. The van der Waals surface area contributed by atoms with Gasteiger partial charge in [-0.2, -0.15) is 0 Å². The van der Waals surface area contributed by atoms with Gasteiger partial charge in [0.05, 0.1) is 6.61 Å². The highest BCUT2D eigenvalue weighted by Gasteiger charge is 2.36. The molecule has 0 aliphatic rings. The Morgan fingerprint density at radius 1 is 0.769 bits per heavy atom. The second-order valence-electron chi connectivity index (χ2n) is 5.82. The predicted molar refractivity (Wildman–Crippen MR) is 103 cm³/mol. The van der Waals surface area contributed by atoms with E-state index in [1.807, 2.05) is 91.0 Å². The van der Waals surface area contributed by atoms with Gasteiger partial charge in [0.1, 0.15) is 5.54 Å². The molecule has 3 rings (SSSR count). The second-order valence-corrected chi connectivity index (χ2v) is 5.82. The lowest BCUT2D eigenvalue weighted by Crippen LogP contribution is -2.53. The van der Waals surface area contributed by atoms with E-state index < -0.39 is 11.6 Å². The van der Waals surface area contributed by atoms with Crippen LogP contribution in [0.25, 0.3) is 0 Å². The highest BCUT2D eigenvalue weighted by atomic mass is 16.5. The van der Waals surface area contributed by atoms with Gasteiger partial charge in [-0.1, -0.05) is 91.0 Å². The Balaban J connectivity index is 2.16. The summed E-state index contributed by atoms with van der Waals surface area (Å²) in [4.78, 5) is 12.0. The lowest BCUT2D eigenvalue weighted by atomic mass is 9.77. The van der Waals surface area contributed by atoms with Crippen molar-refractivity contribution in [3.05, 3.63) is 108 Å². The van der Waals surface area contributed by atoms with Crippen molar-refractivity contribution in [1.29, 1.82) is 0 Å². The van der Waals surface area contributed by atoms with E-state index in [0.717, 1.165) is 16.7 Å². The second kappa shape index (κ2) is 8.32. The molecule has 0 spiro atoms. The first-order valence-electron chi connectivity index (χ1n) is 8.64. The number of carbonyl (C=O) groups is 1. The molecule has 0 bridgehead atoms. The van der Waals surface area contributed by atoms with Crippen LogP contribution in [0, 0.1) is 0 Å². The van der Waals surface area contributed by atoms with Gasteiger partial charge < -0.3 is 4.74 Å². The van der Waals surface area contributed by atoms with E-state index in [9.17, 15) is 4.79 Å². The maximum absolute atomic E-state index is 12.0. The van der Waals surface area contributed by atoms with Crippen LogP contribution < -0.4 is 10.9 Å². The molecule has 0 radical (unpaired) electrons. The molecule has 2 N–H and O–H groups in total. The van der Waals surface area contributed by atoms with Crippen molar-refractivity contribution >= 4 is 6.09 Å². The lowest BCUT2D eigenvalue weighted by molar-refractivity contribution is 0.143. The monoisotopic (exact) mass is 346 g/mol. The van der Waals surface area contributed by atoms with Crippen LogP contribution >= 0.6 is 0 Å². The van der Waals surface area contributed by atoms with Crippen molar-refractivity contribution in [3.63, 3.8) is 0 Å². The number of hydrogen-bond donors (Lipinski definition) is 2. The number of amides is 1. The molecule has 0 atom stereocenters. The summed E-state index contributed by atoms with van der Waals surface area (Å²) in [6.45, 7) is 2.08. The van der Waals surface area contributed by atoms with Crippen LogP contribution in [0.15, 0.2) is 91.0 Å². The highest BCUT2D eigenvalue weighted by molar-refractivity contribution is 5.67. The van der Waals surface area contributed by atoms with E-state index in [1.54, 1.807) is 6.92 Å². The van der Waals surface area contributed by atoms with Gasteiger partial charge in [-0.05, 0) is 23.6 Å². The molecule has 26 heavy (non-hydrogen) atoms. The average molecular weight is 346 g/mol. The van der Waals surface area contributed by atoms with E-state index in [0.29, 0.717) is 6.61 Å². The summed E-state index contributed by atoms with van der Waals surface area (Å²) in [6, 6.07) is 30.1. The van der Waals surface area contributed by atoms with Gasteiger partial charge >= 0.3 is 6.09 Å². The van der Waals surface area contributed by atoms with Crippen LogP contribution in [0.3, 0.4) is 0 Å². The Morgan fingerprint density at radius 3 is 1.50 bits per heavy atom. The zero-order chi connectivity index (χ0) is 18.2. The number of benzene rings is 3. The molecule has 3 aromatic carbocycles. The zero-order valence-corrected chi connectivity index (χ0v) is 14.7. The summed E-state index contributed by atoms with van der Waals surface area (Å²) < 4.78 is 5.03. The Kier molecular flexibility index (Phi) is 5.66. The number of rotatable bonds is 6. The molecule has 0 aromatic heterocycles. The largest absolute Gasteiger partial charge is 0.449 e. The third kappa shape index (κ3) is 3.60. The molecule has 0 fully saturated rings. The van der Waals surface area contributed by atoms with Gasteiger partial charge in [-0.25, -0.2) is 10.2 Å². The maximum atomic E-state index is 12.0. The molecule has 0 saturated carbocycles. The normalized spacial score (nSPS) is 11.0. The number of hydrogen-bond acceptors (Lipinski definition) is 3. The standard InChI is InChI=1S/C22H22N2O2/c1-2-26-21(25)23-24-22(18-12-6-3-7-13-18,19-14-8-4-9-15-19)20-16-10-5-11-17-20/h3-17,24H,2H2,1H3,(H,23,25). The lowest BCUT2D eigenvalue weighted by Gasteiger charge is -2.36. The van der Waals surface area contributed by atoms with Crippen LogP contribution in [-0.4, -0.2) is 12.7 Å². The SMILES string of the molecule is CCOC(=O)NNC(c1ccccc1)(c1ccccc1)c1ccccc1. The Hall–Kier alpha value is -3.11. The Bertz CT molecular complexity index is 724. The van der Waals surface area contributed by atoms with Crippen LogP contribution in [0.5, 0.6) is 0 Å². The van der Waals surface area contributed by atoms with Gasteiger partial charge in [0.15, 0.2) is 0 Å². The molecular weight excluding hydrogens is 324 g/mol. The Morgan fingerprint density at radius 2 is 1.15 bits per heavy atom. The molecule has 0 unspecified atom stereocenters. The Labute approximate surface area is 153 Å². The van der Waals surface area contributed by atoms with Crippen molar-refractivity contribution < 1.29 is 9.53 Å². The van der Waals surface area contributed by atoms with E-state index in [2.05, 4.69) is 10.9 Å². The summed E-state index contributed by atoms with van der Waals surface area (Å²) in [7, 11) is 0. The molecular formula is C22H22N2O2. The minimum atomic E-state index is -0.753. The summed E-state index contributed by atoms with van der Waals surface area (Å²) in [5, 5.41) is 0. The number of ether oxygens (including phenoxy) is 1. The number of carbonyl (C=O) groups excluding carboxylic acids is 1. The topological polar surface area (TPSA) is 50.4 Å². The molecule has 132 valence electrons. The predicted octanol–water partition coefficient (Wildman–Crippen LogP) is 4.23. The van der Waals surface area contributed by atoms with Crippen molar-refractivity contribution in [2.75, 3.05) is 6.61 Å². The van der Waals surface area contributed by atoms with Crippen LogP contribution in [0.1, 0.15) is 23.6 Å². The van der Waals surface area contributed by atoms with Gasteiger partial charge in [0.25, 0.3) is 0 Å². The first-order chi connectivity index (χ1) is 12.8. The minimum absolute atomic E-state index is 0.308. The molecule has 4 heteroatoms. The highest BCUT2D eigenvalue weighted by Crippen LogP contribution is 2.36. The summed E-state index contributed by atoms with van der Waals surface area (Å²) in [5.41, 5.74) is 8.22. The van der Waals surface area contributed by atoms with Gasteiger partial charge in [0.2, 0.25) is 0 Å². The summed E-state index contributed by atoms with van der Waals surface area (Å²) in [5.74, 6) is 0. The summed E-state index contributed by atoms with van der Waals surface area (Å²) in [6.07, 6.45) is -0.514. The van der Waals surface area contributed by atoms with Crippen LogP contribution in [0.2, 0.25) is 0 Å². The minimum Gasteiger partial charge on any atom is -0.449 e. The first-order valence-corrected chi connectivity index (χ1v) is 8.64. The average Bonchev–Trinajstić information content (AvgIpc) is 2.71. The van der Waals surface area contributed by atoms with Crippen LogP contribution in [0.4, 0.5) is 4.79 Å². The molecule has 0 aliphatic heterocycles. The van der Waals surface area contributed by atoms with Crippen LogP contribution in [-0.2, 0) is 10.3 Å².